The number of benzene rings is 1. The van der Waals surface area contributed by atoms with Gasteiger partial charge in [0.25, 0.3) is 10.2 Å². The highest BCUT2D eigenvalue weighted by atomic mass is 79.9. The molecule has 0 heterocycles. The molecule has 0 saturated heterocycles. The van der Waals surface area contributed by atoms with Crippen LogP contribution in [0.2, 0.25) is 0 Å². The molecule has 0 aliphatic heterocycles. The number of halogens is 1. The molecule has 0 aromatic heterocycles. The van der Waals surface area contributed by atoms with Gasteiger partial charge in [-0.25, -0.2) is 5.14 Å². The van der Waals surface area contributed by atoms with Crippen LogP contribution in [0.15, 0.2) is 34.8 Å². The summed E-state index contributed by atoms with van der Waals surface area (Å²) in [5, 5.41) is 4.58. The topological polar surface area (TPSA) is 63.4 Å². The molecule has 1 aromatic rings. The quantitative estimate of drug-likeness (QED) is 0.840. The fourth-order valence-electron chi connectivity index (χ4n) is 0.415. The van der Waals surface area contributed by atoms with Crippen LogP contribution in [-0.4, -0.2) is 26.8 Å². The van der Waals surface area contributed by atoms with Gasteiger partial charge in [-0.1, -0.05) is 34.1 Å². The summed E-state index contributed by atoms with van der Waals surface area (Å²) in [4.78, 5) is 0. The summed E-state index contributed by atoms with van der Waals surface area (Å²) >= 11 is 3.31. The Labute approximate surface area is 93.0 Å². The second-order valence-corrected chi connectivity index (χ2v) is 5.30. The molecule has 0 atom stereocenters. The van der Waals surface area contributed by atoms with Crippen molar-refractivity contribution in [3.63, 3.8) is 0 Å². The van der Waals surface area contributed by atoms with Crippen molar-refractivity contribution >= 4 is 26.1 Å². The molecule has 0 saturated carbocycles. The Kier molecular flexibility index (Phi) is 5.94. The molecular weight excluding hydrogens is 268 g/mol. The van der Waals surface area contributed by atoms with E-state index in [1.165, 1.54) is 14.1 Å². The van der Waals surface area contributed by atoms with Crippen molar-refractivity contribution in [3.05, 3.63) is 34.8 Å². The molecule has 1 rings (SSSR count). The monoisotopic (exact) mass is 280 g/mol. The maximum absolute atomic E-state index is 10.0. The van der Waals surface area contributed by atoms with Crippen molar-refractivity contribution in [1.82, 2.24) is 4.31 Å². The first-order chi connectivity index (χ1) is 6.34. The number of nitrogens with two attached hydrogens (primary N) is 1. The summed E-state index contributed by atoms with van der Waals surface area (Å²) in [5.41, 5.74) is 0. The second-order valence-electron chi connectivity index (χ2n) is 2.62. The van der Waals surface area contributed by atoms with Gasteiger partial charge in [-0.2, -0.15) is 12.7 Å². The van der Waals surface area contributed by atoms with Gasteiger partial charge in [0, 0.05) is 18.6 Å². The normalized spacial score (nSPS) is 10.6. The van der Waals surface area contributed by atoms with E-state index in [2.05, 4.69) is 21.1 Å². The van der Waals surface area contributed by atoms with E-state index < -0.39 is 10.2 Å². The molecule has 14 heavy (non-hydrogen) atoms. The molecule has 6 heteroatoms. The summed E-state index contributed by atoms with van der Waals surface area (Å²) in [6, 6.07) is 9.97. The molecule has 2 N–H and O–H groups in total. The summed E-state index contributed by atoms with van der Waals surface area (Å²) in [6.45, 7) is 0. The Morgan fingerprint density at radius 3 is 1.71 bits per heavy atom. The minimum Gasteiger partial charge on any atom is -0.216 e. The van der Waals surface area contributed by atoms with Gasteiger partial charge in [-0.05, 0) is 12.1 Å². The molecule has 0 bridgehead atoms. The number of rotatable bonds is 1. The lowest BCUT2D eigenvalue weighted by Gasteiger charge is -2.02. The molecule has 0 unspecified atom stereocenters. The first-order valence-electron chi connectivity index (χ1n) is 3.75. The van der Waals surface area contributed by atoms with Crippen LogP contribution in [0.1, 0.15) is 0 Å². The minimum absolute atomic E-state index is 0.938. The maximum Gasteiger partial charge on any atom is 0.276 e. The van der Waals surface area contributed by atoms with Crippen LogP contribution in [0.5, 0.6) is 0 Å². The molecule has 4 nitrogen and oxygen atoms in total. The van der Waals surface area contributed by atoms with E-state index in [0.717, 1.165) is 8.78 Å². The van der Waals surface area contributed by atoms with Crippen molar-refractivity contribution in [2.24, 2.45) is 5.14 Å². The predicted molar refractivity (Wildman–Crippen MR) is 60.9 cm³/mol. The Balaban J connectivity index is 0.000000241. The molecule has 0 aliphatic carbocycles. The molecule has 0 radical (unpaired) electrons. The van der Waals surface area contributed by atoms with Crippen LogP contribution in [-0.2, 0) is 10.2 Å². The van der Waals surface area contributed by atoms with Crippen molar-refractivity contribution < 1.29 is 8.42 Å². The highest BCUT2D eigenvalue weighted by Crippen LogP contribution is 2.05. The molecule has 0 spiro atoms. The van der Waals surface area contributed by atoms with E-state index >= 15 is 0 Å². The highest BCUT2D eigenvalue weighted by Gasteiger charge is 2.01. The van der Waals surface area contributed by atoms with E-state index in [1.807, 2.05) is 30.3 Å². The van der Waals surface area contributed by atoms with Gasteiger partial charge in [0.05, 0.1) is 0 Å². The van der Waals surface area contributed by atoms with E-state index in [9.17, 15) is 8.42 Å². The third-order valence-corrected chi connectivity index (χ3v) is 2.79. The largest absolute Gasteiger partial charge is 0.276 e. The van der Waals surface area contributed by atoms with E-state index in [1.54, 1.807) is 0 Å². The maximum atomic E-state index is 10.0. The van der Waals surface area contributed by atoms with Crippen molar-refractivity contribution in [2.75, 3.05) is 14.1 Å². The second kappa shape index (κ2) is 6.13. The summed E-state index contributed by atoms with van der Waals surface area (Å²) in [7, 11) is -0.667. The average molecular weight is 281 g/mol. The van der Waals surface area contributed by atoms with E-state index in [-0.39, 0.29) is 0 Å². The predicted octanol–water partition coefficient (Wildman–Crippen LogP) is 1.20. The molecule has 0 amide bonds. The summed E-state index contributed by atoms with van der Waals surface area (Å²) in [6.07, 6.45) is 0. The number of nitrogens with zero attached hydrogens (tertiary/aromatic N) is 1. The van der Waals surface area contributed by atoms with Crippen molar-refractivity contribution in [3.8, 4) is 0 Å². The zero-order valence-electron chi connectivity index (χ0n) is 8.01. The van der Waals surface area contributed by atoms with Crippen LogP contribution < -0.4 is 5.14 Å². The van der Waals surface area contributed by atoms with Gasteiger partial charge in [0.15, 0.2) is 0 Å². The third kappa shape index (κ3) is 7.02. The van der Waals surface area contributed by atoms with Crippen LogP contribution >= 0.6 is 15.9 Å². The lowest BCUT2D eigenvalue weighted by Crippen LogP contribution is -2.29. The summed E-state index contributed by atoms with van der Waals surface area (Å²) < 4.78 is 22.1. The van der Waals surface area contributed by atoms with Crippen LogP contribution in [0.4, 0.5) is 0 Å². The molecule has 0 fully saturated rings. The smallest absolute Gasteiger partial charge is 0.216 e. The SMILES string of the molecule is Brc1ccccc1.CN(C)S(N)(=O)=O. The van der Waals surface area contributed by atoms with Gasteiger partial charge < -0.3 is 0 Å². The van der Waals surface area contributed by atoms with Crippen LogP contribution in [0.3, 0.4) is 0 Å². The fourth-order valence-corrected chi connectivity index (χ4v) is 0.720. The zero-order valence-corrected chi connectivity index (χ0v) is 10.4. The van der Waals surface area contributed by atoms with Crippen molar-refractivity contribution in [1.29, 1.82) is 0 Å². The van der Waals surface area contributed by atoms with E-state index in [0.29, 0.717) is 0 Å². The molecular formula is C8H13BrN2O2S. The van der Waals surface area contributed by atoms with Crippen LogP contribution in [0.25, 0.3) is 0 Å². The number of hydrogen-bond donors (Lipinski definition) is 1. The van der Waals surface area contributed by atoms with Gasteiger partial charge in [-0.3, -0.25) is 0 Å². The van der Waals surface area contributed by atoms with Crippen LogP contribution in [0, 0.1) is 0 Å². The van der Waals surface area contributed by atoms with Gasteiger partial charge >= 0.3 is 0 Å². The van der Waals surface area contributed by atoms with Gasteiger partial charge in [0.2, 0.25) is 0 Å². The zero-order chi connectivity index (χ0) is 11.2. The fraction of sp³-hybridized carbons (Fsp3) is 0.250. The Hall–Kier alpha value is -0.430. The molecule has 0 aliphatic rings. The average Bonchev–Trinajstić information content (AvgIpc) is 2.04. The highest BCUT2D eigenvalue weighted by molar-refractivity contribution is 9.10. The summed E-state index contributed by atoms with van der Waals surface area (Å²) in [5.74, 6) is 0. The standard InChI is InChI=1S/C6H5Br.C2H8N2O2S/c7-6-4-2-1-3-5-6;1-4(2)7(3,5)6/h1-5H;1-2H3,(H2,3,5,6). The Bertz CT molecular complexity index is 351. The number of hydrogen-bond acceptors (Lipinski definition) is 2. The first kappa shape index (κ1) is 13.6. The van der Waals surface area contributed by atoms with E-state index in [4.69, 9.17) is 0 Å². The molecule has 1 aromatic carbocycles. The third-order valence-electron chi connectivity index (χ3n) is 1.24. The van der Waals surface area contributed by atoms with Crippen molar-refractivity contribution in [2.45, 2.75) is 0 Å². The Morgan fingerprint density at radius 1 is 1.21 bits per heavy atom. The lowest BCUT2D eigenvalue weighted by atomic mass is 10.4. The van der Waals surface area contributed by atoms with Gasteiger partial charge in [-0.15, -0.1) is 0 Å². The Morgan fingerprint density at radius 2 is 1.57 bits per heavy atom. The lowest BCUT2D eigenvalue weighted by molar-refractivity contribution is 0.522. The van der Waals surface area contributed by atoms with Gasteiger partial charge in [0.1, 0.15) is 0 Å². The molecule has 80 valence electrons. The minimum atomic E-state index is -3.41. The first-order valence-corrected chi connectivity index (χ1v) is 6.04.